The predicted molar refractivity (Wildman–Crippen MR) is 92.2 cm³/mol. The van der Waals surface area contributed by atoms with Gasteiger partial charge in [-0.15, -0.1) is 0 Å². The van der Waals surface area contributed by atoms with Crippen LogP contribution in [0.3, 0.4) is 0 Å². The molecule has 6 nitrogen and oxygen atoms in total. The highest BCUT2D eigenvalue weighted by Crippen LogP contribution is 2.24. The van der Waals surface area contributed by atoms with E-state index in [2.05, 4.69) is 25.9 Å². The van der Waals surface area contributed by atoms with Gasteiger partial charge >= 0.3 is 0 Å². The molecule has 2 aromatic heterocycles. The third-order valence-electron chi connectivity index (χ3n) is 3.75. The first-order valence-electron chi connectivity index (χ1n) is 7.10. The lowest BCUT2D eigenvalue weighted by molar-refractivity contribution is 0.394. The number of nitrogens with zero attached hydrogens (tertiary/aromatic N) is 3. The molecule has 124 valence electrons. The van der Waals surface area contributed by atoms with Crippen LogP contribution in [0.25, 0.3) is 5.65 Å². The maximum absolute atomic E-state index is 13.9. The topological polar surface area (TPSA) is 89.3 Å². The van der Waals surface area contributed by atoms with Crippen molar-refractivity contribution in [2.45, 2.75) is 13.3 Å². The molecule has 3 rings (SSSR count). The van der Waals surface area contributed by atoms with Gasteiger partial charge in [-0.2, -0.15) is 0 Å². The fourth-order valence-corrected chi connectivity index (χ4v) is 2.95. The standard InChI is InChI=1S/C16H15BrFN5O/c1-8-3-10(17)11(18)4-9(8)5-12-16-21-6-14(24-2)23(16)7-13(22-12)15(19)20/h3-4,6-7H,5H2,1-2H3,(H3,19,20). The van der Waals surface area contributed by atoms with Crippen LogP contribution in [0.5, 0.6) is 5.88 Å². The molecular weight excluding hydrogens is 377 g/mol. The number of fused-ring (bicyclic) bond motifs is 1. The minimum absolute atomic E-state index is 0.160. The van der Waals surface area contributed by atoms with E-state index in [1.165, 1.54) is 13.2 Å². The quantitative estimate of drug-likeness (QED) is 0.528. The number of rotatable bonds is 4. The van der Waals surface area contributed by atoms with Crippen molar-refractivity contribution in [3.05, 3.63) is 57.3 Å². The van der Waals surface area contributed by atoms with Crippen LogP contribution in [-0.2, 0) is 6.42 Å². The van der Waals surface area contributed by atoms with Gasteiger partial charge in [-0.05, 0) is 46.1 Å². The average Bonchev–Trinajstić information content (AvgIpc) is 2.95. The second kappa shape index (κ2) is 6.20. The molecular formula is C16H15BrFN5O. The van der Waals surface area contributed by atoms with E-state index in [1.54, 1.807) is 22.9 Å². The number of hydrogen-bond donors (Lipinski definition) is 2. The molecule has 0 bridgehead atoms. The molecule has 0 amide bonds. The summed E-state index contributed by atoms with van der Waals surface area (Å²) in [5.41, 5.74) is 8.78. The molecule has 0 aliphatic carbocycles. The Labute approximate surface area is 146 Å². The van der Waals surface area contributed by atoms with Gasteiger partial charge in [-0.25, -0.2) is 14.4 Å². The van der Waals surface area contributed by atoms with Gasteiger partial charge in [0.15, 0.2) is 5.65 Å². The van der Waals surface area contributed by atoms with Crippen molar-refractivity contribution in [1.29, 1.82) is 5.41 Å². The second-order valence-electron chi connectivity index (χ2n) is 5.35. The lowest BCUT2D eigenvalue weighted by atomic mass is 10.0. The molecule has 1 aromatic carbocycles. The first kappa shape index (κ1) is 16.4. The molecule has 0 saturated heterocycles. The Bertz CT molecular complexity index is 953. The summed E-state index contributed by atoms with van der Waals surface area (Å²) in [6, 6.07) is 3.20. The molecule has 0 atom stereocenters. The molecule has 2 heterocycles. The Morgan fingerprint density at radius 2 is 2.21 bits per heavy atom. The summed E-state index contributed by atoms with van der Waals surface area (Å²) < 4.78 is 21.2. The third-order valence-corrected chi connectivity index (χ3v) is 4.36. The predicted octanol–water partition coefficient (Wildman–Crippen LogP) is 2.82. The van der Waals surface area contributed by atoms with E-state index in [4.69, 9.17) is 15.9 Å². The molecule has 0 fully saturated rings. The molecule has 3 N–H and O–H groups in total. The summed E-state index contributed by atoms with van der Waals surface area (Å²) in [5, 5.41) is 7.65. The molecule has 24 heavy (non-hydrogen) atoms. The zero-order chi connectivity index (χ0) is 17.4. The van der Waals surface area contributed by atoms with Gasteiger partial charge in [0, 0.05) is 12.6 Å². The van der Waals surface area contributed by atoms with Crippen LogP contribution in [0.4, 0.5) is 4.39 Å². The van der Waals surface area contributed by atoms with Gasteiger partial charge in [-0.3, -0.25) is 9.81 Å². The molecule has 0 unspecified atom stereocenters. The molecule has 0 radical (unpaired) electrons. The smallest absolute Gasteiger partial charge is 0.218 e. The van der Waals surface area contributed by atoms with Gasteiger partial charge in [0.05, 0.1) is 23.5 Å². The van der Waals surface area contributed by atoms with E-state index in [9.17, 15) is 4.39 Å². The van der Waals surface area contributed by atoms with Crippen LogP contribution >= 0.6 is 15.9 Å². The highest BCUT2D eigenvalue weighted by Gasteiger charge is 2.15. The van der Waals surface area contributed by atoms with Crippen LogP contribution in [0.1, 0.15) is 22.5 Å². The van der Waals surface area contributed by atoms with Crippen molar-refractivity contribution >= 4 is 27.4 Å². The van der Waals surface area contributed by atoms with Crippen LogP contribution in [0.15, 0.2) is 29.0 Å². The third kappa shape index (κ3) is 2.84. The number of imidazole rings is 1. The molecule has 0 saturated carbocycles. The Balaban J connectivity index is 2.17. The highest BCUT2D eigenvalue weighted by molar-refractivity contribution is 9.10. The van der Waals surface area contributed by atoms with E-state index in [0.29, 0.717) is 33.8 Å². The number of amidine groups is 1. The largest absolute Gasteiger partial charge is 0.481 e. The maximum atomic E-state index is 13.9. The van der Waals surface area contributed by atoms with Crippen molar-refractivity contribution in [1.82, 2.24) is 14.4 Å². The average molecular weight is 392 g/mol. The molecule has 0 spiro atoms. The van der Waals surface area contributed by atoms with Gasteiger partial charge < -0.3 is 10.5 Å². The Morgan fingerprint density at radius 1 is 1.46 bits per heavy atom. The van der Waals surface area contributed by atoms with E-state index in [-0.39, 0.29) is 11.7 Å². The van der Waals surface area contributed by atoms with Gasteiger partial charge in [0.25, 0.3) is 0 Å². The lowest BCUT2D eigenvalue weighted by Gasteiger charge is -2.10. The second-order valence-corrected chi connectivity index (χ2v) is 6.20. The number of nitrogens with two attached hydrogens (primary N) is 1. The Morgan fingerprint density at radius 3 is 2.88 bits per heavy atom. The summed E-state index contributed by atoms with van der Waals surface area (Å²) in [6.07, 6.45) is 3.53. The van der Waals surface area contributed by atoms with E-state index in [1.807, 2.05) is 6.92 Å². The van der Waals surface area contributed by atoms with Crippen molar-refractivity contribution < 1.29 is 9.13 Å². The zero-order valence-corrected chi connectivity index (χ0v) is 14.7. The normalized spacial score (nSPS) is 11.0. The van der Waals surface area contributed by atoms with Crippen molar-refractivity contribution in [2.24, 2.45) is 5.73 Å². The first-order chi connectivity index (χ1) is 11.4. The summed E-state index contributed by atoms with van der Waals surface area (Å²) in [6.45, 7) is 1.90. The van der Waals surface area contributed by atoms with Crippen LogP contribution in [0.2, 0.25) is 0 Å². The van der Waals surface area contributed by atoms with E-state index >= 15 is 0 Å². The maximum Gasteiger partial charge on any atom is 0.218 e. The number of nitrogens with one attached hydrogen (secondary N) is 1. The SMILES string of the molecule is COc1cnc2c(Cc3cc(F)c(Br)cc3C)nc(C(=N)N)cn12. The number of hydrogen-bond acceptors (Lipinski definition) is 4. The number of halogens is 2. The van der Waals surface area contributed by atoms with Crippen LogP contribution in [0, 0.1) is 18.2 Å². The van der Waals surface area contributed by atoms with Crippen LogP contribution < -0.4 is 10.5 Å². The number of nitrogen functional groups attached to an aromatic ring is 1. The van der Waals surface area contributed by atoms with Gasteiger partial charge in [0.1, 0.15) is 17.3 Å². The number of aromatic nitrogens is 3. The fraction of sp³-hybridized carbons (Fsp3) is 0.188. The monoisotopic (exact) mass is 391 g/mol. The lowest BCUT2D eigenvalue weighted by Crippen LogP contribution is -2.16. The van der Waals surface area contributed by atoms with Gasteiger partial charge in [0.2, 0.25) is 5.88 Å². The minimum Gasteiger partial charge on any atom is -0.481 e. The van der Waals surface area contributed by atoms with Crippen molar-refractivity contribution in [3.63, 3.8) is 0 Å². The van der Waals surface area contributed by atoms with Crippen molar-refractivity contribution in [2.75, 3.05) is 7.11 Å². The molecule has 0 aliphatic rings. The number of ether oxygens (including phenoxy) is 1. The summed E-state index contributed by atoms with van der Waals surface area (Å²) in [4.78, 5) is 8.73. The molecule has 8 heteroatoms. The minimum atomic E-state index is -0.338. The zero-order valence-electron chi connectivity index (χ0n) is 13.1. The van der Waals surface area contributed by atoms with Crippen molar-refractivity contribution in [3.8, 4) is 5.88 Å². The summed E-state index contributed by atoms with van der Waals surface area (Å²) in [5.74, 6) is 0.0118. The summed E-state index contributed by atoms with van der Waals surface area (Å²) >= 11 is 3.18. The fourth-order valence-electron chi connectivity index (χ4n) is 2.49. The number of methoxy groups -OCH3 is 1. The summed E-state index contributed by atoms with van der Waals surface area (Å²) in [7, 11) is 1.53. The number of aryl methyl sites for hydroxylation is 1. The Hall–Kier alpha value is -2.48. The first-order valence-corrected chi connectivity index (χ1v) is 7.90. The number of benzene rings is 1. The van der Waals surface area contributed by atoms with E-state index in [0.717, 1.165) is 11.1 Å². The van der Waals surface area contributed by atoms with Gasteiger partial charge in [-0.1, -0.05) is 0 Å². The van der Waals surface area contributed by atoms with E-state index < -0.39 is 0 Å². The molecule has 0 aliphatic heterocycles. The van der Waals surface area contributed by atoms with Crippen LogP contribution in [-0.4, -0.2) is 27.3 Å². The highest BCUT2D eigenvalue weighted by atomic mass is 79.9. The Kier molecular flexibility index (Phi) is 4.23. The molecule has 3 aromatic rings.